The van der Waals surface area contributed by atoms with Gasteiger partial charge in [-0.3, -0.25) is 4.90 Å². The lowest BCUT2D eigenvalue weighted by molar-refractivity contribution is 0.265. The van der Waals surface area contributed by atoms with E-state index < -0.39 is 0 Å². The van der Waals surface area contributed by atoms with Gasteiger partial charge in [-0.15, -0.1) is 11.3 Å². The third-order valence-corrected chi connectivity index (χ3v) is 3.74. The van der Waals surface area contributed by atoms with Crippen LogP contribution in [0, 0.1) is 5.92 Å². The van der Waals surface area contributed by atoms with Gasteiger partial charge in [0.15, 0.2) is 0 Å². The molecular formula is C11H19N3S. The van der Waals surface area contributed by atoms with Crippen LogP contribution in [0.4, 0.5) is 0 Å². The number of aromatic nitrogens is 1. The van der Waals surface area contributed by atoms with Gasteiger partial charge in [0, 0.05) is 25.0 Å². The molecule has 0 unspecified atom stereocenters. The van der Waals surface area contributed by atoms with Gasteiger partial charge in [0.05, 0.1) is 5.69 Å². The molecule has 0 radical (unpaired) electrons. The average Bonchev–Trinajstić information content (AvgIpc) is 2.95. The Hall–Kier alpha value is -0.450. The second kappa shape index (κ2) is 5.05. The molecule has 2 rings (SSSR count). The van der Waals surface area contributed by atoms with Crippen LogP contribution in [0.15, 0.2) is 5.38 Å². The number of nitrogens with two attached hydrogens (primary N) is 1. The summed E-state index contributed by atoms with van der Waals surface area (Å²) in [6.45, 7) is 6.14. The number of hydrogen-bond donors (Lipinski definition) is 1. The molecule has 3 nitrogen and oxygen atoms in total. The average molecular weight is 225 g/mol. The van der Waals surface area contributed by atoms with Gasteiger partial charge in [-0.1, -0.05) is 6.92 Å². The van der Waals surface area contributed by atoms with Crippen molar-refractivity contribution in [1.29, 1.82) is 0 Å². The lowest BCUT2D eigenvalue weighted by Crippen LogP contribution is -2.25. The van der Waals surface area contributed by atoms with E-state index in [0.29, 0.717) is 6.54 Å². The van der Waals surface area contributed by atoms with E-state index in [1.165, 1.54) is 25.1 Å². The van der Waals surface area contributed by atoms with Crippen LogP contribution in [0.25, 0.3) is 0 Å². The maximum Gasteiger partial charge on any atom is 0.106 e. The van der Waals surface area contributed by atoms with E-state index in [-0.39, 0.29) is 0 Å². The fourth-order valence-corrected chi connectivity index (χ4v) is 2.38. The van der Waals surface area contributed by atoms with Crippen LogP contribution in [-0.2, 0) is 13.1 Å². The monoisotopic (exact) mass is 225 g/mol. The van der Waals surface area contributed by atoms with Crippen molar-refractivity contribution in [3.63, 3.8) is 0 Å². The van der Waals surface area contributed by atoms with Crippen molar-refractivity contribution in [2.24, 2.45) is 11.7 Å². The Bertz CT molecular complexity index is 307. The number of hydrogen-bond acceptors (Lipinski definition) is 4. The smallest absolute Gasteiger partial charge is 0.106 e. The minimum Gasteiger partial charge on any atom is -0.325 e. The molecule has 4 heteroatoms. The van der Waals surface area contributed by atoms with Crippen LogP contribution in [0.1, 0.15) is 30.5 Å². The van der Waals surface area contributed by atoms with Crippen molar-refractivity contribution in [1.82, 2.24) is 9.88 Å². The molecule has 1 saturated carbocycles. The summed E-state index contributed by atoms with van der Waals surface area (Å²) >= 11 is 1.67. The SMILES string of the molecule is CCN(Cc1csc(CN)n1)CC1CC1. The molecule has 84 valence electrons. The quantitative estimate of drug-likeness (QED) is 0.803. The Morgan fingerprint density at radius 1 is 1.60 bits per heavy atom. The summed E-state index contributed by atoms with van der Waals surface area (Å²) in [6, 6.07) is 0. The van der Waals surface area contributed by atoms with Crippen LogP contribution in [0.5, 0.6) is 0 Å². The zero-order valence-electron chi connectivity index (χ0n) is 9.28. The molecule has 0 spiro atoms. The minimum absolute atomic E-state index is 0.569. The molecule has 0 aliphatic heterocycles. The Labute approximate surface area is 95.3 Å². The molecule has 1 heterocycles. The summed E-state index contributed by atoms with van der Waals surface area (Å²) in [5, 5.41) is 3.19. The van der Waals surface area contributed by atoms with Gasteiger partial charge in [-0.05, 0) is 25.3 Å². The Morgan fingerprint density at radius 2 is 2.40 bits per heavy atom. The van der Waals surface area contributed by atoms with Crippen LogP contribution in [0.2, 0.25) is 0 Å². The van der Waals surface area contributed by atoms with E-state index in [1.54, 1.807) is 11.3 Å². The van der Waals surface area contributed by atoms with E-state index in [4.69, 9.17) is 5.73 Å². The van der Waals surface area contributed by atoms with Crippen molar-refractivity contribution in [2.75, 3.05) is 13.1 Å². The van der Waals surface area contributed by atoms with Gasteiger partial charge in [0.1, 0.15) is 5.01 Å². The second-order valence-electron chi connectivity index (χ2n) is 4.21. The summed E-state index contributed by atoms with van der Waals surface area (Å²) in [7, 11) is 0. The van der Waals surface area contributed by atoms with Gasteiger partial charge in [-0.25, -0.2) is 4.98 Å². The predicted octanol–water partition coefficient (Wildman–Crippen LogP) is 1.83. The van der Waals surface area contributed by atoms with Gasteiger partial charge < -0.3 is 5.73 Å². The van der Waals surface area contributed by atoms with Gasteiger partial charge >= 0.3 is 0 Å². The van der Waals surface area contributed by atoms with Gasteiger partial charge in [0.25, 0.3) is 0 Å². The van der Waals surface area contributed by atoms with Gasteiger partial charge in [-0.2, -0.15) is 0 Å². The van der Waals surface area contributed by atoms with Crippen LogP contribution in [-0.4, -0.2) is 23.0 Å². The van der Waals surface area contributed by atoms with E-state index in [1.807, 2.05) is 0 Å². The lowest BCUT2D eigenvalue weighted by atomic mass is 10.3. The summed E-state index contributed by atoms with van der Waals surface area (Å²) in [6.07, 6.45) is 2.84. The maximum absolute atomic E-state index is 5.55. The molecule has 0 amide bonds. The standard InChI is InChI=1S/C11H19N3S/c1-2-14(6-9-3-4-9)7-10-8-15-11(5-12)13-10/h8-9H,2-7,12H2,1H3. The highest BCUT2D eigenvalue weighted by atomic mass is 32.1. The topological polar surface area (TPSA) is 42.1 Å². The number of rotatable bonds is 6. The highest BCUT2D eigenvalue weighted by Crippen LogP contribution is 2.30. The second-order valence-corrected chi connectivity index (χ2v) is 5.15. The zero-order valence-corrected chi connectivity index (χ0v) is 10.1. The third kappa shape index (κ3) is 3.26. The first kappa shape index (κ1) is 11.0. The van der Waals surface area contributed by atoms with Gasteiger partial charge in [0.2, 0.25) is 0 Å². The van der Waals surface area contributed by atoms with Crippen molar-refractivity contribution >= 4 is 11.3 Å². The first-order valence-electron chi connectivity index (χ1n) is 5.67. The number of nitrogens with zero attached hydrogens (tertiary/aromatic N) is 2. The maximum atomic E-state index is 5.55. The largest absolute Gasteiger partial charge is 0.325 e. The lowest BCUT2D eigenvalue weighted by Gasteiger charge is -2.18. The Balaban J connectivity index is 1.86. The van der Waals surface area contributed by atoms with Crippen molar-refractivity contribution in [3.8, 4) is 0 Å². The Morgan fingerprint density at radius 3 is 2.93 bits per heavy atom. The normalized spacial score (nSPS) is 16.2. The molecule has 1 aromatic heterocycles. The minimum atomic E-state index is 0.569. The first-order chi connectivity index (χ1) is 7.31. The molecule has 0 atom stereocenters. The summed E-state index contributed by atoms with van der Waals surface area (Å²) < 4.78 is 0. The predicted molar refractivity (Wildman–Crippen MR) is 63.7 cm³/mol. The number of thiazole rings is 1. The molecule has 1 aromatic rings. The molecule has 15 heavy (non-hydrogen) atoms. The summed E-state index contributed by atoms with van der Waals surface area (Å²) in [4.78, 5) is 6.98. The highest BCUT2D eigenvalue weighted by Gasteiger charge is 2.23. The van der Waals surface area contributed by atoms with Crippen LogP contribution in [0.3, 0.4) is 0 Å². The van der Waals surface area contributed by atoms with Crippen molar-refractivity contribution in [3.05, 3.63) is 16.1 Å². The zero-order chi connectivity index (χ0) is 10.7. The molecule has 0 bridgehead atoms. The fraction of sp³-hybridized carbons (Fsp3) is 0.727. The van der Waals surface area contributed by atoms with Crippen LogP contribution >= 0.6 is 11.3 Å². The van der Waals surface area contributed by atoms with E-state index in [9.17, 15) is 0 Å². The molecular weight excluding hydrogens is 206 g/mol. The fourth-order valence-electron chi connectivity index (χ4n) is 1.72. The molecule has 0 aromatic carbocycles. The highest BCUT2D eigenvalue weighted by molar-refractivity contribution is 7.09. The molecule has 0 saturated heterocycles. The van der Waals surface area contributed by atoms with E-state index in [0.717, 1.165) is 24.0 Å². The molecule has 1 aliphatic rings. The molecule has 2 N–H and O–H groups in total. The van der Waals surface area contributed by atoms with E-state index >= 15 is 0 Å². The van der Waals surface area contributed by atoms with Crippen LogP contribution < -0.4 is 5.73 Å². The van der Waals surface area contributed by atoms with Crippen molar-refractivity contribution < 1.29 is 0 Å². The Kier molecular flexibility index (Phi) is 3.72. The van der Waals surface area contributed by atoms with E-state index in [2.05, 4.69) is 22.2 Å². The van der Waals surface area contributed by atoms with Crippen molar-refractivity contribution in [2.45, 2.75) is 32.9 Å². The summed E-state index contributed by atoms with van der Waals surface area (Å²) in [5.74, 6) is 0.956. The first-order valence-corrected chi connectivity index (χ1v) is 6.55. The molecule has 1 aliphatic carbocycles. The third-order valence-electron chi connectivity index (χ3n) is 2.82. The molecule has 1 fully saturated rings. The summed E-state index contributed by atoms with van der Waals surface area (Å²) in [5.41, 5.74) is 6.73.